The Balaban J connectivity index is 0.000000158. The molecule has 4 aliphatic rings. The second-order valence-electron chi connectivity index (χ2n) is 17.5. The molecule has 6 heterocycles. The average molecular weight is 1020 g/mol. The highest BCUT2D eigenvalue weighted by Gasteiger charge is 2.45. The van der Waals surface area contributed by atoms with E-state index in [1.807, 2.05) is 24.4 Å². The van der Waals surface area contributed by atoms with E-state index in [1.165, 1.54) is 37.7 Å². The van der Waals surface area contributed by atoms with Crippen molar-refractivity contribution in [1.82, 2.24) is 38.5 Å². The van der Waals surface area contributed by atoms with Gasteiger partial charge in [-0.2, -0.15) is 8.61 Å². The predicted molar refractivity (Wildman–Crippen MR) is 251 cm³/mol. The summed E-state index contributed by atoms with van der Waals surface area (Å²) < 4.78 is 105. The molecule has 0 bridgehead atoms. The highest BCUT2D eigenvalue weighted by atomic mass is 32.2. The van der Waals surface area contributed by atoms with Crippen LogP contribution in [0.4, 0.5) is 17.6 Å². The van der Waals surface area contributed by atoms with Crippen molar-refractivity contribution in [2.24, 2.45) is 5.73 Å². The van der Waals surface area contributed by atoms with Crippen molar-refractivity contribution in [3.63, 3.8) is 0 Å². The van der Waals surface area contributed by atoms with Gasteiger partial charge in [0.1, 0.15) is 42.7 Å². The van der Waals surface area contributed by atoms with E-state index in [0.29, 0.717) is 34.1 Å². The van der Waals surface area contributed by atoms with Crippen molar-refractivity contribution in [3.8, 4) is 22.5 Å². The van der Waals surface area contributed by atoms with Crippen LogP contribution in [-0.4, -0.2) is 110 Å². The van der Waals surface area contributed by atoms with Gasteiger partial charge in [-0.15, -0.1) is 0 Å². The maximum absolute atomic E-state index is 14.2. The summed E-state index contributed by atoms with van der Waals surface area (Å²) >= 11 is 0. The number of rotatable bonds is 14. The SMILES string of the molecule is NCc1cc(-c2ccc(C3CC3)nc2)ncn1.O=C(CCc1cc(-c2ccc(C3CC3)nc2)ncn1)[C@@H]1C[C@@H](F)CN1S(=O)(=O)c1ccc(F)cc1.O=C(O)[C@@H]1C[C@@H](F)CN1S(=O)(=O)c1ccc(F)cc1. The van der Waals surface area contributed by atoms with Gasteiger partial charge >= 0.3 is 5.97 Å². The molecule has 4 aromatic heterocycles. The number of pyridine rings is 2. The summed E-state index contributed by atoms with van der Waals surface area (Å²) in [5, 5.41) is 8.92. The molecule has 372 valence electrons. The monoisotopic (exact) mass is 1020 g/mol. The zero-order valence-electron chi connectivity index (χ0n) is 38.0. The molecule has 4 fully saturated rings. The quantitative estimate of drug-likeness (QED) is 0.108. The molecule has 2 aliphatic heterocycles. The standard InChI is InChI=1S/C25H24F2N4O3S.C13H14N4.C11H11F2NO4S/c26-18-4-7-21(8-5-18)35(33,34)31-14-19(27)11-24(31)25(32)10-6-20-12-23(30-15-29-20)17-3-9-22(28-13-17)16-1-2-16;14-6-11-5-13(17-8-16-11)10-3-4-12(15-7-10)9-1-2-9;12-7-1-3-9(4-2-7)19(17,18)14-6-8(13)5-10(14)11(15)16/h3-5,7-9,12-13,15-16,19,24H,1-2,6,10-11,14H2;3-5,7-9H,1-2,6,14H2;1-4,8,10H,5-6H2,(H,15,16)/t19-,24+;;8-,10+/m1.1/s1. The number of aryl methyl sites for hydroxylation is 1. The van der Waals surface area contributed by atoms with Crippen molar-refractivity contribution in [3.05, 3.63) is 144 Å². The van der Waals surface area contributed by atoms with Crippen LogP contribution in [0, 0.1) is 11.6 Å². The Bertz CT molecular complexity index is 3060. The predicted octanol–water partition coefficient (Wildman–Crippen LogP) is 6.74. The van der Waals surface area contributed by atoms with Crippen LogP contribution in [0.3, 0.4) is 0 Å². The van der Waals surface area contributed by atoms with Gasteiger partial charge in [-0.1, -0.05) is 0 Å². The van der Waals surface area contributed by atoms with Gasteiger partial charge in [0.15, 0.2) is 5.78 Å². The fourth-order valence-electron chi connectivity index (χ4n) is 8.18. The number of Topliss-reactive ketones (excluding diaryl/α,β-unsaturated/α-hetero) is 1. The molecule has 10 rings (SSSR count). The van der Waals surface area contributed by atoms with Crippen molar-refractivity contribution >= 4 is 31.8 Å². The molecule has 71 heavy (non-hydrogen) atoms. The zero-order chi connectivity index (χ0) is 50.5. The third-order valence-corrected chi connectivity index (χ3v) is 16.1. The van der Waals surface area contributed by atoms with Gasteiger partial charge in [-0.3, -0.25) is 19.6 Å². The minimum atomic E-state index is -4.14. The summed E-state index contributed by atoms with van der Waals surface area (Å²) in [4.78, 5) is 49.4. The molecule has 2 saturated carbocycles. The van der Waals surface area contributed by atoms with Gasteiger partial charge in [-0.25, -0.2) is 54.3 Å². The van der Waals surface area contributed by atoms with Crippen LogP contribution in [0.5, 0.6) is 0 Å². The second-order valence-corrected chi connectivity index (χ2v) is 21.3. The molecule has 2 saturated heterocycles. The molecule has 16 nitrogen and oxygen atoms in total. The number of carboxylic acid groups (broad SMARTS) is 1. The van der Waals surface area contributed by atoms with Gasteiger partial charge in [0.05, 0.1) is 32.9 Å². The lowest BCUT2D eigenvalue weighted by Gasteiger charge is -2.22. The summed E-state index contributed by atoms with van der Waals surface area (Å²) in [6, 6.07) is 17.5. The number of nitrogens with two attached hydrogens (primary N) is 1. The topological polar surface area (TPSA) is 232 Å². The van der Waals surface area contributed by atoms with Gasteiger partial charge in [0, 0.05) is 91.3 Å². The van der Waals surface area contributed by atoms with Crippen LogP contribution >= 0.6 is 0 Å². The number of aromatic nitrogens is 6. The van der Waals surface area contributed by atoms with Crippen LogP contribution in [-0.2, 0) is 42.6 Å². The molecular formula is C49H49F4N9O7S2. The maximum Gasteiger partial charge on any atom is 0.322 e. The van der Waals surface area contributed by atoms with E-state index in [9.17, 15) is 44.0 Å². The minimum absolute atomic E-state index is 0.00213. The van der Waals surface area contributed by atoms with Crippen molar-refractivity contribution < 1.29 is 49.1 Å². The van der Waals surface area contributed by atoms with Crippen LogP contribution in [0.25, 0.3) is 22.5 Å². The van der Waals surface area contributed by atoms with E-state index in [1.54, 1.807) is 18.6 Å². The second kappa shape index (κ2) is 21.9. The Morgan fingerprint density at radius 2 is 1.04 bits per heavy atom. The van der Waals surface area contributed by atoms with E-state index in [0.717, 1.165) is 81.0 Å². The number of ketones is 1. The Kier molecular flexibility index (Phi) is 15.7. The Hall–Kier alpha value is -6.46. The first-order valence-corrected chi connectivity index (χ1v) is 25.7. The van der Waals surface area contributed by atoms with E-state index in [4.69, 9.17) is 10.8 Å². The highest BCUT2D eigenvalue weighted by Crippen LogP contribution is 2.40. The van der Waals surface area contributed by atoms with E-state index in [2.05, 4.69) is 42.0 Å². The van der Waals surface area contributed by atoms with Crippen molar-refractivity contribution in [2.75, 3.05) is 13.1 Å². The van der Waals surface area contributed by atoms with Crippen molar-refractivity contribution in [1.29, 1.82) is 0 Å². The number of hydrogen-bond acceptors (Lipinski definition) is 13. The van der Waals surface area contributed by atoms with E-state index < -0.39 is 75.2 Å². The summed E-state index contributed by atoms with van der Waals surface area (Å²) in [6.07, 6.45) is 8.25. The number of carbonyl (C=O) groups is 2. The fraction of sp³-hybridized carbons (Fsp3) is 0.347. The first-order valence-electron chi connectivity index (χ1n) is 22.8. The molecule has 3 N–H and O–H groups in total. The zero-order valence-corrected chi connectivity index (χ0v) is 39.6. The van der Waals surface area contributed by atoms with Gasteiger partial charge in [0.25, 0.3) is 0 Å². The van der Waals surface area contributed by atoms with Crippen LogP contribution in [0.1, 0.15) is 79.6 Å². The maximum atomic E-state index is 14.2. The normalized spacial score (nSPS) is 20.4. The van der Waals surface area contributed by atoms with Crippen LogP contribution in [0.2, 0.25) is 0 Å². The molecule has 4 atom stereocenters. The third-order valence-electron chi connectivity index (χ3n) is 12.3. The Morgan fingerprint density at radius 1 is 0.606 bits per heavy atom. The number of nitrogens with zero attached hydrogens (tertiary/aromatic N) is 8. The lowest BCUT2D eigenvalue weighted by Crippen LogP contribution is -2.40. The molecular weight excluding hydrogens is 967 g/mol. The van der Waals surface area contributed by atoms with Crippen LogP contribution < -0.4 is 5.73 Å². The molecule has 0 spiro atoms. The Morgan fingerprint density at radius 3 is 1.46 bits per heavy atom. The molecule has 2 aliphatic carbocycles. The number of sulfonamides is 2. The number of carbonyl (C=O) groups excluding carboxylic acids is 1. The minimum Gasteiger partial charge on any atom is -0.480 e. The lowest BCUT2D eigenvalue weighted by atomic mass is 10.0. The number of hydrogen-bond donors (Lipinski definition) is 2. The number of carboxylic acids is 1. The fourth-order valence-corrected chi connectivity index (χ4v) is 11.4. The summed E-state index contributed by atoms with van der Waals surface area (Å²) in [5.74, 6) is -1.73. The first-order chi connectivity index (χ1) is 34.0. The third kappa shape index (κ3) is 12.5. The molecule has 0 unspecified atom stereocenters. The largest absolute Gasteiger partial charge is 0.480 e. The summed E-state index contributed by atoms with van der Waals surface area (Å²) in [6.45, 7) is -0.475. The first kappa shape index (κ1) is 50.9. The van der Waals surface area contributed by atoms with Crippen molar-refractivity contribution in [2.45, 2.75) is 104 Å². The smallest absolute Gasteiger partial charge is 0.322 e. The summed E-state index contributed by atoms with van der Waals surface area (Å²) in [7, 11) is -8.28. The van der Waals surface area contributed by atoms with E-state index in [-0.39, 0.29) is 41.3 Å². The van der Waals surface area contributed by atoms with E-state index >= 15 is 0 Å². The van der Waals surface area contributed by atoms with Gasteiger partial charge in [-0.05, 0) is 117 Å². The molecule has 6 aromatic rings. The molecule has 2 aromatic carbocycles. The molecule has 0 radical (unpaired) electrons. The average Bonchev–Trinajstić information content (AvgIpc) is 4.32. The number of halogens is 4. The number of aliphatic carboxylic acids is 1. The number of benzene rings is 2. The number of alkyl halides is 2. The highest BCUT2D eigenvalue weighted by molar-refractivity contribution is 7.89. The molecule has 22 heteroatoms. The molecule has 0 amide bonds. The van der Waals surface area contributed by atoms with Crippen LogP contribution in [0.15, 0.2) is 120 Å². The van der Waals surface area contributed by atoms with Gasteiger partial charge in [0.2, 0.25) is 20.0 Å². The van der Waals surface area contributed by atoms with Gasteiger partial charge < -0.3 is 10.8 Å². The Labute approximate surface area is 407 Å². The lowest BCUT2D eigenvalue weighted by molar-refractivity contribution is -0.140. The summed E-state index contributed by atoms with van der Waals surface area (Å²) in [5.41, 5.74) is 12.7.